The molecule has 0 bridgehead atoms. The van der Waals surface area contributed by atoms with Crippen LogP contribution < -0.4 is 0 Å². The van der Waals surface area contributed by atoms with Gasteiger partial charge in [0, 0.05) is 12.4 Å². The zero-order chi connectivity index (χ0) is 26.5. The molecule has 1 aromatic heterocycles. The van der Waals surface area contributed by atoms with Gasteiger partial charge in [0.2, 0.25) is 0 Å². The fraction of sp³-hybridized carbons (Fsp3) is 0. The number of aromatic nitrogens is 1. The highest BCUT2D eigenvalue weighted by atomic mass is 14.6. The fourth-order valence-corrected chi connectivity index (χ4v) is 6.16. The highest BCUT2D eigenvalue weighted by Gasteiger charge is 2.15. The van der Waals surface area contributed by atoms with E-state index in [1.807, 2.05) is 12.4 Å². The van der Waals surface area contributed by atoms with Crippen LogP contribution in [0.25, 0.3) is 76.8 Å². The molecule has 7 aromatic carbocycles. The van der Waals surface area contributed by atoms with Gasteiger partial charge in [0.05, 0.1) is 0 Å². The standard InChI is InChI=1S/C39H25N/c1-2-4-26(5-3-1)27-6-10-30(11-7-27)34-18-14-32-17-21-37-35(19-15-33-16-20-36(34)38(32)39(33)37)31-12-8-28(9-13-31)29-22-24-40-25-23-29/h1-25H. The van der Waals surface area contributed by atoms with Gasteiger partial charge in [-0.15, -0.1) is 0 Å². The topological polar surface area (TPSA) is 12.9 Å². The van der Waals surface area contributed by atoms with Gasteiger partial charge in [-0.2, -0.15) is 0 Å². The molecule has 0 atom stereocenters. The smallest absolute Gasteiger partial charge is 0.0273 e. The highest BCUT2D eigenvalue weighted by Crippen LogP contribution is 2.42. The molecule has 0 spiro atoms. The predicted molar refractivity (Wildman–Crippen MR) is 170 cm³/mol. The lowest BCUT2D eigenvalue weighted by Crippen LogP contribution is -1.89. The molecule has 0 aliphatic rings. The van der Waals surface area contributed by atoms with Gasteiger partial charge in [-0.05, 0) is 89.0 Å². The second kappa shape index (κ2) is 9.18. The molecule has 0 fully saturated rings. The molecule has 0 amide bonds. The summed E-state index contributed by atoms with van der Waals surface area (Å²) in [6, 6.07) is 50.8. The first-order valence-corrected chi connectivity index (χ1v) is 13.7. The molecule has 8 aromatic rings. The van der Waals surface area contributed by atoms with Crippen molar-refractivity contribution in [2.24, 2.45) is 0 Å². The van der Waals surface area contributed by atoms with E-state index in [0.717, 1.165) is 0 Å². The number of benzene rings is 7. The van der Waals surface area contributed by atoms with Gasteiger partial charge < -0.3 is 0 Å². The van der Waals surface area contributed by atoms with Crippen molar-refractivity contribution in [1.29, 1.82) is 0 Å². The van der Waals surface area contributed by atoms with Gasteiger partial charge in [0.1, 0.15) is 0 Å². The summed E-state index contributed by atoms with van der Waals surface area (Å²) in [6.45, 7) is 0. The van der Waals surface area contributed by atoms with E-state index in [-0.39, 0.29) is 0 Å². The van der Waals surface area contributed by atoms with E-state index in [9.17, 15) is 0 Å². The quantitative estimate of drug-likeness (QED) is 0.216. The highest BCUT2D eigenvalue weighted by molar-refractivity contribution is 6.27. The molecule has 0 aliphatic carbocycles. The Hall–Kier alpha value is -5.27. The Labute approximate surface area is 233 Å². The van der Waals surface area contributed by atoms with Crippen LogP contribution in [0.15, 0.2) is 152 Å². The Bertz CT molecular complexity index is 1950. The van der Waals surface area contributed by atoms with Crippen LogP contribution in [0.1, 0.15) is 0 Å². The molecule has 0 radical (unpaired) electrons. The van der Waals surface area contributed by atoms with Crippen molar-refractivity contribution >= 4 is 32.3 Å². The van der Waals surface area contributed by atoms with Crippen LogP contribution in [-0.4, -0.2) is 4.98 Å². The zero-order valence-corrected chi connectivity index (χ0v) is 21.9. The summed E-state index contributed by atoms with van der Waals surface area (Å²) in [5, 5.41) is 7.84. The van der Waals surface area contributed by atoms with E-state index in [2.05, 4.69) is 145 Å². The summed E-state index contributed by atoms with van der Waals surface area (Å²) in [5.74, 6) is 0. The number of rotatable bonds is 4. The van der Waals surface area contributed by atoms with Gasteiger partial charge >= 0.3 is 0 Å². The SMILES string of the molecule is c1ccc(-c2ccc(-c3ccc4ccc5c(-c6ccc(-c7ccncc7)cc6)ccc6ccc3c4c65)cc2)cc1. The molecule has 1 heteroatoms. The fourth-order valence-electron chi connectivity index (χ4n) is 6.16. The average molecular weight is 508 g/mol. The van der Waals surface area contributed by atoms with Gasteiger partial charge in [0.25, 0.3) is 0 Å². The molecule has 0 saturated carbocycles. The summed E-state index contributed by atoms with van der Waals surface area (Å²) in [7, 11) is 0. The molecule has 1 nitrogen and oxygen atoms in total. The van der Waals surface area contributed by atoms with E-state index in [1.165, 1.54) is 76.8 Å². The van der Waals surface area contributed by atoms with Crippen LogP contribution >= 0.6 is 0 Å². The van der Waals surface area contributed by atoms with Gasteiger partial charge in [-0.25, -0.2) is 0 Å². The minimum Gasteiger partial charge on any atom is -0.265 e. The largest absolute Gasteiger partial charge is 0.265 e. The minimum atomic E-state index is 1.18. The number of nitrogens with zero attached hydrogens (tertiary/aromatic N) is 1. The van der Waals surface area contributed by atoms with Crippen LogP contribution in [0, 0.1) is 0 Å². The van der Waals surface area contributed by atoms with Crippen molar-refractivity contribution in [3.05, 3.63) is 152 Å². The van der Waals surface area contributed by atoms with Crippen molar-refractivity contribution in [2.75, 3.05) is 0 Å². The zero-order valence-electron chi connectivity index (χ0n) is 21.9. The van der Waals surface area contributed by atoms with Crippen molar-refractivity contribution in [1.82, 2.24) is 4.98 Å². The molecule has 8 rings (SSSR count). The van der Waals surface area contributed by atoms with Crippen molar-refractivity contribution in [3.63, 3.8) is 0 Å². The molecular weight excluding hydrogens is 482 g/mol. The lowest BCUT2D eigenvalue weighted by molar-refractivity contribution is 1.33. The first-order valence-electron chi connectivity index (χ1n) is 13.7. The van der Waals surface area contributed by atoms with E-state index < -0.39 is 0 Å². The normalized spacial score (nSPS) is 11.5. The van der Waals surface area contributed by atoms with Crippen molar-refractivity contribution in [2.45, 2.75) is 0 Å². The predicted octanol–water partition coefficient (Wildman–Crippen LogP) is 10.6. The molecule has 0 N–H and O–H groups in total. The molecule has 186 valence electrons. The van der Waals surface area contributed by atoms with Crippen LogP contribution in [0.2, 0.25) is 0 Å². The van der Waals surface area contributed by atoms with E-state index in [4.69, 9.17) is 0 Å². The Morgan fingerprint density at radius 3 is 1.20 bits per heavy atom. The van der Waals surface area contributed by atoms with Crippen LogP contribution in [0.3, 0.4) is 0 Å². The lowest BCUT2D eigenvalue weighted by Gasteiger charge is -2.17. The van der Waals surface area contributed by atoms with Gasteiger partial charge in [-0.3, -0.25) is 4.98 Å². The van der Waals surface area contributed by atoms with E-state index >= 15 is 0 Å². The second-order valence-corrected chi connectivity index (χ2v) is 10.4. The first kappa shape index (κ1) is 22.7. The number of pyridine rings is 1. The van der Waals surface area contributed by atoms with Crippen molar-refractivity contribution in [3.8, 4) is 44.5 Å². The Balaban J connectivity index is 1.27. The van der Waals surface area contributed by atoms with Crippen LogP contribution in [0.4, 0.5) is 0 Å². The van der Waals surface area contributed by atoms with Gasteiger partial charge in [0.15, 0.2) is 0 Å². The molecule has 40 heavy (non-hydrogen) atoms. The first-order chi connectivity index (χ1) is 19.8. The van der Waals surface area contributed by atoms with Gasteiger partial charge in [-0.1, -0.05) is 127 Å². The monoisotopic (exact) mass is 507 g/mol. The summed E-state index contributed by atoms with van der Waals surface area (Å²) < 4.78 is 0. The van der Waals surface area contributed by atoms with Crippen molar-refractivity contribution < 1.29 is 0 Å². The maximum Gasteiger partial charge on any atom is 0.0273 e. The third-order valence-corrected chi connectivity index (χ3v) is 8.18. The third-order valence-electron chi connectivity index (χ3n) is 8.18. The van der Waals surface area contributed by atoms with E-state index in [0.29, 0.717) is 0 Å². The molecular formula is C39H25N. The maximum atomic E-state index is 4.15. The summed E-state index contributed by atoms with van der Waals surface area (Å²) in [4.78, 5) is 4.15. The van der Waals surface area contributed by atoms with Crippen LogP contribution in [0.5, 0.6) is 0 Å². The molecule has 0 unspecified atom stereocenters. The Kier molecular flexibility index (Phi) is 5.21. The summed E-state index contributed by atoms with van der Waals surface area (Å²) in [5.41, 5.74) is 9.87. The van der Waals surface area contributed by atoms with E-state index in [1.54, 1.807) is 0 Å². The lowest BCUT2D eigenvalue weighted by atomic mass is 9.87. The Morgan fingerprint density at radius 1 is 0.300 bits per heavy atom. The van der Waals surface area contributed by atoms with Crippen LogP contribution in [-0.2, 0) is 0 Å². The summed E-state index contributed by atoms with van der Waals surface area (Å²) >= 11 is 0. The average Bonchev–Trinajstić information content (AvgIpc) is 3.04. The minimum absolute atomic E-state index is 1.18. The Morgan fingerprint density at radius 2 is 0.700 bits per heavy atom. The molecule has 0 saturated heterocycles. The number of hydrogen-bond donors (Lipinski definition) is 0. The molecule has 0 aliphatic heterocycles. The number of hydrogen-bond acceptors (Lipinski definition) is 1. The summed E-state index contributed by atoms with van der Waals surface area (Å²) in [6.07, 6.45) is 3.69. The second-order valence-electron chi connectivity index (χ2n) is 10.4. The maximum absolute atomic E-state index is 4.15. The molecule has 1 heterocycles. The third kappa shape index (κ3) is 3.67.